The number of fused-ring (bicyclic) bond motifs is 3. The summed E-state index contributed by atoms with van der Waals surface area (Å²) in [4.78, 5) is 85.3. The highest BCUT2D eigenvalue weighted by atomic mass is 16.6. The van der Waals surface area contributed by atoms with Gasteiger partial charge in [-0.2, -0.15) is 0 Å². The van der Waals surface area contributed by atoms with Crippen molar-refractivity contribution >= 4 is 42.0 Å². The molecule has 0 aliphatic heterocycles. The highest BCUT2D eigenvalue weighted by Crippen LogP contribution is 2.44. The van der Waals surface area contributed by atoms with Crippen LogP contribution in [0.5, 0.6) is 0 Å². The molecule has 0 unspecified atom stereocenters. The summed E-state index contributed by atoms with van der Waals surface area (Å²) in [5.74, 6) is -3.05. The fourth-order valence-corrected chi connectivity index (χ4v) is 8.39. The Labute approximate surface area is 414 Å². The molecule has 0 spiro atoms. The Morgan fingerprint density at radius 1 is 0.620 bits per heavy atom. The van der Waals surface area contributed by atoms with E-state index in [2.05, 4.69) is 26.3 Å². The van der Waals surface area contributed by atoms with Crippen LogP contribution in [0, 0.1) is 0 Å². The van der Waals surface area contributed by atoms with Crippen LogP contribution in [0.4, 0.5) is 14.4 Å². The Kier molecular flexibility index (Phi) is 17.4. The summed E-state index contributed by atoms with van der Waals surface area (Å²) in [6.45, 7) is 8.43. The van der Waals surface area contributed by atoms with Crippen molar-refractivity contribution in [2.45, 2.75) is 89.5 Å². The number of alkyl carbamates (subject to hydrolysis) is 3. The lowest BCUT2D eigenvalue weighted by Gasteiger charge is -2.37. The number of nitrogens with zero attached hydrogens (tertiary/aromatic N) is 2. The number of benzene rings is 5. The van der Waals surface area contributed by atoms with Gasteiger partial charge in [0.1, 0.15) is 29.9 Å². The lowest BCUT2D eigenvalue weighted by molar-refractivity contribution is -0.144. The van der Waals surface area contributed by atoms with Crippen LogP contribution in [-0.2, 0) is 34.1 Å². The average molecular weight is 967 g/mol. The molecule has 0 fully saturated rings. The van der Waals surface area contributed by atoms with Crippen LogP contribution in [0.3, 0.4) is 0 Å². The van der Waals surface area contributed by atoms with Gasteiger partial charge in [-0.05, 0) is 86.9 Å². The van der Waals surface area contributed by atoms with Crippen molar-refractivity contribution < 1.29 is 48.1 Å². The number of carbonyl (C=O) groups excluding carboxylic acids is 5. The number of aliphatic carboxylic acids is 1. The summed E-state index contributed by atoms with van der Waals surface area (Å²) in [7, 11) is 0. The van der Waals surface area contributed by atoms with Gasteiger partial charge in [-0.15, -0.1) is 0 Å². The van der Waals surface area contributed by atoms with Gasteiger partial charge in [0.05, 0.1) is 12.6 Å². The van der Waals surface area contributed by atoms with Crippen LogP contribution in [0.1, 0.15) is 94.5 Å². The molecule has 1 aliphatic rings. The van der Waals surface area contributed by atoms with Crippen LogP contribution >= 0.6 is 0 Å². The maximum Gasteiger partial charge on any atom is 0.414 e. The molecule has 1 aliphatic carbocycles. The number of carboxylic acids is 1. The lowest BCUT2D eigenvalue weighted by atomic mass is 9.77. The number of hydrogen-bond donors (Lipinski definition) is 5. The molecule has 5 amide bonds. The molecule has 0 saturated carbocycles. The minimum absolute atomic E-state index is 0.0203. The van der Waals surface area contributed by atoms with Gasteiger partial charge < -0.3 is 34.9 Å². The van der Waals surface area contributed by atoms with Crippen molar-refractivity contribution in [1.82, 2.24) is 26.2 Å². The van der Waals surface area contributed by atoms with Crippen molar-refractivity contribution in [2.75, 3.05) is 26.2 Å². The summed E-state index contributed by atoms with van der Waals surface area (Å²) in [5, 5.41) is 20.9. The molecule has 71 heavy (non-hydrogen) atoms. The van der Waals surface area contributed by atoms with Crippen molar-refractivity contribution in [2.24, 2.45) is 4.99 Å². The number of nitrogens with one attached hydrogen (secondary N) is 4. The van der Waals surface area contributed by atoms with Crippen molar-refractivity contribution in [3.8, 4) is 11.1 Å². The first kappa shape index (κ1) is 52.4. The topological polar surface area (TPSA) is 214 Å². The Balaban J connectivity index is 1.25. The second-order valence-corrected chi connectivity index (χ2v) is 19.0. The van der Waals surface area contributed by atoms with Gasteiger partial charge in [0, 0.05) is 25.3 Å². The maximum absolute atomic E-state index is 14.5. The summed E-state index contributed by atoms with van der Waals surface area (Å²) in [6, 6.07) is 43.4. The third-order valence-electron chi connectivity index (χ3n) is 11.3. The fourth-order valence-electron chi connectivity index (χ4n) is 8.39. The zero-order valence-corrected chi connectivity index (χ0v) is 40.9. The normalized spacial score (nSPS) is 12.5. The summed E-state index contributed by atoms with van der Waals surface area (Å²) >= 11 is 0. The molecule has 0 saturated heterocycles. The van der Waals surface area contributed by atoms with E-state index in [1.165, 1.54) is 0 Å². The Morgan fingerprint density at radius 2 is 1.07 bits per heavy atom. The van der Waals surface area contributed by atoms with E-state index >= 15 is 0 Å². The molecular formula is C55H62N6O10. The Bertz CT molecular complexity index is 2510. The second kappa shape index (κ2) is 23.5. The second-order valence-electron chi connectivity index (χ2n) is 19.0. The zero-order valence-electron chi connectivity index (χ0n) is 40.9. The third kappa shape index (κ3) is 14.7. The molecule has 5 aromatic carbocycles. The number of rotatable bonds is 17. The molecular weight excluding hydrogens is 905 g/mol. The number of amides is 5. The van der Waals surface area contributed by atoms with Gasteiger partial charge in [0.2, 0.25) is 17.8 Å². The largest absolute Gasteiger partial charge is 0.480 e. The molecule has 16 heteroatoms. The van der Waals surface area contributed by atoms with Crippen molar-refractivity contribution in [3.05, 3.63) is 167 Å². The van der Waals surface area contributed by atoms with Crippen LogP contribution in [0.15, 0.2) is 145 Å². The Hall–Kier alpha value is -8.01. The first-order valence-corrected chi connectivity index (χ1v) is 23.4. The fraction of sp³-hybridized carbons (Fsp3) is 0.327. The quantitative estimate of drug-likeness (QED) is 0.0259. The molecule has 6 rings (SSSR count). The van der Waals surface area contributed by atoms with Gasteiger partial charge in [-0.1, -0.05) is 140 Å². The smallest absolute Gasteiger partial charge is 0.414 e. The van der Waals surface area contributed by atoms with Crippen molar-refractivity contribution in [3.63, 3.8) is 0 Å². The third-order valence-corrected chi connectivity index (χ3v) is 11.3. The van der Waals surface area contributed by atoms with E-state index < -0.39 is 71.8 Å². The highest BCUT2D eigenvalue weighted by Gasteiger charge is 2.38. The van der Waals surface area contributed by atoms with Gasteiger partial charge >= 0.3 is 24.2 Å². The van der Waals surface area contributed by atoms with Gasteiger partial charge in [-0.3, -0.25) is 30.0 Å². The van der Waals surface area contributed by atoms with E-state index in [9.17, 15) is 33.9 Å². The van der Waals surface area contributed by atoms with Crippen LogP contribution in [0.25, 0.3) is 11.1 Å². The van der Waals surface area contributed by atoms with Gasteiger partial charge in [-0.25, -0.2) is 14.4 Å². The number of aliphatic imine (C=N–C) groups is 1. The SMILES string of the molecule is CC(C)(C)OC(=O)NC(=NCCC(=O)N(CC(=O)O)C[C@H](CCC(=O)NC(c1ccccc1)(c1ccccc1)c1ccccc1)NC(=O)OCC1c2ccccc2-c2ccccc21)NC(=O)OC(C)(C)C. The van der Waals surface area contributed by atoms with E-state index in [4.69, 9.17) is 14.2 Å². The predicted molar refractivity (Wildman–Crippen MR) is 268 cm³/mol. The molecule has 16 nitrogen and oxygen atoms in total. The van der Waals surface area contributed by atoms with Crippen LogP contribution in [0.2, 0.25) is 0 Å². The highest BCUT2D eigenvalue weighted by molar-refractivity contribution is 6.01. The molecule has 1 atom stereocenters. The molecule has 0 heterocycles. The van der Waals surface area contributed by atoms with Crippen molar-refractivity contribution in [1.29, 1.82) is 0 Å². The molecule has 0 aromatic heterocycles. The standard InChI is InChI=1S/C55H62N6O10/c1-53(2,3)70-51(67)58-49(59-52(68)71-54(4,5)6)56-33-32-47(63)61(35-48(64)65)34-40(57-50(66)69-36-45-43-28-18-16-26-41(43)42-27-17-19-29-44(42)45)30-31-46(62)60-55(37-20-10-7-11-21-37,38-22-12-8-13-23-38)39-24-14-9-15-25-39/h7-29,40,45H,30-36H2,1-6H3,(H,57,66)(H,60,62)(H,64,65)(H2,56,58,59,67,68)/t40-/m0/s1. The molecule has 0 radical (unpaired) electrons. The molecule has 5 N–H and O–H groups in total. The number of carboxylic acid groups (broad SMARTS) is 1. The lowest BCUT2D eigenvalue weighted by Crippen LogP contribution is -2.50. The first-order chi connectivity index (χ1) is 33.8. The van der Waals surface area contributed by atoms with E-state index in [0.29, 0.717) is 0 Å². The minimum Gasteiger partial charge on any atom is -0.480 e. The monoisotopic (exact) mass is 966 g/mol. The molecule has 5 aromatic rings. The van der Waals surface area contributed by atoms with E-state index in [1.807, 2.05) is 140 Å². The summed E-state index contributed by atoms with van der Waals surface area (Å²) < 4.78 is 16.5. The molecule has 0 bridgehead atoms. The van der Waals surface area contributed by atoms with Gasteiger partial charge in [0.25, 0.3) is 0 Å². The summed E-state index contributed by atoms with van der Waals surface area (Å²) in [5.41, 5.74) is 3.54. The minimum atomic E-state index is -1.34. The Morgan fingerprint density at radius 3 is 1.52 bits per heavy atom. The van der Waals surface area contributed by atoms with E-state index in [0.717, 1.165) is 43.8 Å². The van der Waals surface area contributed by atoms with E-state index in [1.54, 1.807) is 41.5 Å². The van der Waals surface area contributed by atoms with E-state index in [-0.39, 0.29) is 44.4 Å². The van der Waals surface area contributed by atoms with Gasteiger partial charge in [0.15, 0.2) is 0 Å². The number of ether oxygens (including phenoxy) is 3. The zero-order chi connectivity index (χ0) is 51.2. The molecule has 372 valence electrons. The number of hydrogen-bond acceptors (Lipinski definition) is 10. The number of guanidine groups is 1. The first-order valence-electron chi connectivity index (χ1n) is 23.4. The number of carbonyl (C=O) groups is 6. The summed E-state index contributed by atoms with van der Waals surface area (Å²) in [6.07, 6.45) is -3.32. The predicted octanol–water partition coefficient (Wildman–Crippen LogP) is 8.49. The van der Waals surface area contributed by atoms with Crippen LogP contribution < -0.4 is 21.3 Å². The average Bonchev–Trinajstić information content (AvgIpc) is 3.64. The van der Waals surface area contributed by atoms with Crippen LogP contribution in [-0.4, -0.2) is 95.5 Å². The maximum atomic E-state index is 14.5.